The zero-order chi connectivity index (χ0) is 33.6. The number of carbonyl (C=O) groups excluding carboxylic acids is 4. The number of rotatable bonds is 4. The van der Waals surface area contributed by atoms with Crippen molar-refractivity contribution in [2.75, 3.05) is 4.90 Å². The summed E-state index contributed by atoms with van der Waals surface area (Å²) in [5.74, 6) is -3.47. The van der Waals surface area contributed by atoms with E-state index in [0.29, 0.717) is 22.5 Å². The van der Waals surface area contributed by atoms with Crippen molar-refractivity contribution >= 4 is 51.1 Å². The molecule has 1 aliphatic carbocycles. The monoisotopic (exact) mass is 641 g/mol. The van der Waals surface area contributed by atoms with Gasteiger partial charge in [0.1, 0.15) is 22.9 Å². The Morgan fingerprint density at radius 1 is 0.633 bits per heavy atom. The summed E-state index contributed by atoms with van der Waals surface area (Å²) in [5, 5.41) is 11.4. The van der Waals surface area contributed by atoms with E-state index in [1.165, 1.54) is 18.2 Å². The molecular weight excluding hydrogens is 618 g/mol. The van der Waals surface area contributed by atoms with E-state index >= 15 is 0 Å². The molecule has 5 aromatic carbocycles. The molecule has 0 saturated carbocycles. The first-order valence-corrected chi connectivity index (χ1v) is 15.6. The first-order valence-electron chi connectivity index (χ1n) is 15.6. The fourth-order valence-electron chi connectivity index (χ4n) is 6.71. The van der Waals surface area contributed by atoms with E-state index in [-0.39, 0.29) is 33.7 Å². The van der Waals surface area contributed by atoms with Crippen LogP contribution >= 0.6 is 0 Å². The Morgan fingerprint density at radius 2 is 1.24 bits per heavy atom. The van der Waals surface area contributed by atoms with Gasteiger partial charge >= 0.3 is 0 Å². The summed E-state index contributed by atoms with van der Waals surface area (Å²) in [5.41, 5.74) is 6.19. The minimum Gasteiger partial charge on any atom is -0.506 e. The topological polar surface area (TPSA) is 131 Å². The van der Waals surface area contributed by atoms with Crippen LogP contribution in [0.15, 0.2) is 114 Å². The van der Waals surface area contributed by atoms with Crippen LogP contribution in [-0.2, 0) is 0 Å². The van der Waals surface area contributed by atoms with Crippen LogP contribution in [0.3, 0.4) is 0 Å². The Hall–Kier alpha value is -6.74. The Morgan fingerprint density at radius 3 is 1.92 bits per heavy atom. The van der Waals surface area contributed by atoms with E-state index in [9.17, 15) is 24.3 Å². The second-order valence-electron chi connectivity index (χ2n) is 12.3. The number of aryl methyl sites for hydroxylation is 1. The fraction of sp³-hybridized carbons (Fsp3) is 0.0500. The lowest BCUT2D eigenvalue weighted by atomic mass is 9.97. The molecule has 0 fully saturated rings. The quantitative estimate of drug-likeness (QED) is 0.153. The molecule has 2 aromatic heterocycles. The molecule has 0 atom stereocenters. The standard InChI is InChI=1S/C40H23N3O6/c1-20-6-15-33-31(16-20)42-38(49-33)23-9-7-21(8-10-23)22-11-13-25(14-12-22)43-39(47)28-18-26-27(19-29(28)40(43)48)37(46)34(36(26)45)35-32(44)17-24-4-2-3-5-30(24)41-35/h2-19,34,44H,1H3. The van der Waals surface area contributed by atoms with Gasteiger partial charge in [-0.15, -0.1) is 0 Å². The molecule has 0 unspecified atom stereocenters. The number of anilines is 1. The van der Waals surface area contributed by atoms with Crippen LogP contribution in [0.1, 0.15) is 58.6 Å². The van der Waals surface area contributed by atoms with Gasteiger partial charge in [0.15, 0.2) is 17.1 Å². The lowest BCUT2D eigenvalue weighted by Gasteiger charge is -2.14. The highest BCUT2D eigenvalue weighted by atomic mass is 16.3. The largest absolute Gasteiger partial charge is 0.506 e. The summed E-state index contributed by atoms with van der Waals surface area (Å²) in [6, 6.07) is 31.8. The molecule has 0 radical (unpaired) electrons. The SMILES string of the molecule is Cc1ccc2oc(-c3ccc(-c4ccc(N5C(=O)c6cc7c(cc6C5=O)C(=O)C(c5nc6ccccc6cc5O)C7=O)cc4)cc3)nc2c1. The average Bonchev–Trinajstić information content (AvgIpc) is 3.73. The van der Waals surface area contributed by atoms with Gasteiger partial charge in [0, 0.05) is 22.1 Å². The summed E-state index contributed by atoms with van der Waals surface area (Å²) in [7, 11) is 0. The summed E-state index contributed by atoms with van der Waals surface area (Å²) in [6.45, 7) is 2.01. The Bertz CT molecular complexity index is 2550. The first-order chi connectivity index (χ1) is 23.7. The molecule has 0 saturated heterocycles. The molecule has 1 aliphatic heterocycles. The van der Waals surface area contributed by atoms with Crippen LogP contribution < -0.4 is 4.90 Å². The maximum Gasteiger partial charge on any atom is 0.266 e. The van der Waals surface area contributed by atoms with E-state index in [0.717, 1.165) is 38.3 Å². The van der Waals surface area contributed by atoms with Crippen LogP contribution in [0.5, 0.6) is 5.75 Å². The average molecular weight is 642 g/mol. The predicted octanol–water partition coefficient (Wildman–Crippen LogP) is 7.69. The number of oxazole rings is 1. The summed E-state index contributed by atoms with van der Waals surface area (Å²) in [4.78, 5) is 64.4. The molecule has 0 spiro atoms. The number of amides is 2. The van der Waals surface area contributed by atoms with Gasteiger partial charge in [-0.25, -0.2) is 14.9 Å². The lowest BCUT2D eigenvalue weighted by Crippen LogP contribution is -2.29. The predicted molar refractivity (Wildman–Crippen MR) is 182 cm³/mol. The molecule has 49 heavy (non-hydrogen) atoms. The highest BCUT2D eigenvalue weighted by Crippen LogP contribution is 2.41. The van der Waals surface area contributed by atoms with Crippen molar-refractivity contribution in [2.24, 2.45) is 0 Å². The summed E-state index contributed by atoms with van der Waals surface area (Å²) in [6.07, 6.45) is 0. The molecule has 234 valence electrons. The Labute approximate surface area is 278 Å². The number of ketones is 2. The third kappa shape index (κ3) is 4.33. The van der Waals surface area contributed by atoms with Gasteiger partial charge in [-0.05, 0) is 84.3 Å². The zero-order valence-electron chi connectivity index (χ0n) is 25.8. The van der Waals surface area contributed by atoms with Gasteiger partial charge in [-0.2, -0.15) is 0 Å². The minimum atomic E-state index is -1.37. The van der Waals surface area contributed by atoms with Crippen molar-refractivity contribution < 1.29 is 28.7 Å². The molecule has 9 nitrogen and oxygen atoms in total. The van der Waals surface area contributed by atoms with Crippen molar-refractivity contribution in [3.05, 3.63) is 143 Å². The van der Waals surface area contributed by atoms with Gasteiger partial charge in [0.05, 0.1) is 22.3 Å². The van der Waals surface area contributed by atoms with Crippen molar-refractivity contribution in [3.8, 4) is 28.3 Å². The highest BCUT2D eigenvalue weighted by Gasteiger charge is 2.46. The van der Waals surface area contributed by atoms with Crippen molar-refractivity contribution in [2.45, 2.75) is 12.8 Å². The van der Waals surface area contributed by atoms with Gasteiger partial charge in [0.25, 0.3) is 11.8 Å². The second kappa shape index (κ2) is 10.4. The minimum absolute atomic E-state index is 0.0258. The molecule has 2 amide bonds. The number of carbonyl (C=O) groups is 4. The summed E-state index contributed by atoms with van der Waals surface area (Å²) >= 11 is 0. The number of para-hydroxylation sites is 1. The lowest BCUT2D eigenvalue weighted by molar-refractivity contribution is 0.0883. The van der Waals surface area contributed by atoms with Crippen molar-refractivity contribution in [1.29, 1.82) is 0 Å². The summed E-state index contributed by atoms with van der Waals surface area (Å²) < 4.78 is 5.93. The Kier molecular flexibility index (Phi) is 6.03. The first kappa shape index (κ1) is 28.5. The van der Waals surface area contributed by atoms with Crippen LogP contribution in [0.4, 0.5) is 5.69 Å². The van der Waals surface area contributed by atoms with Gasteiger partial charge in [-0.1, -0.05) is 48.5 Å². The molecule has 7 aromatic rings. The number of nitrogens with zero attached hydrogens (tertiary/aromatic N) is 3. The van der Waals surface area contributed by atoms with Crippen LogP contribution in [0.25, 0.3) is 44.6 Å². The second-order valence-corrected chi connectivity index (χ2v) is 12.3. The molecule has 9 heteroatoms. The number of imide groups is 1. The molecule has 9 rings (SSSR count). The molecule has 3 heterocycles. The van der Waals surface area contributed by atoms with E-state index < -0.39 is 29.3 Å². The van der Waals surface area contributed by atoms with E-state index in [1.54, 1.807) is 36.4 Å². The van der Waals surface area contributed by atoms with Gasteiger partial charge in [0.2, 0.25) is 5.89 Å². The maximum absolute atomic E-state index is 13.6. The Balaban J connectivity index is 0.976. The number of Topliss-reactive ketones (excluding diaryl/α,β-unsaturated/α-hetero) is 2. The number of hydrogen-bond donors (Lipinski definition) is 1. The number of pyridine rings is 1. The smallest absolute Gasteiger partial charge is 0.266 e. The van der Waals surface area contributed by atoms with Gasteiger partial charge < -0.3 is 9.52 Å². The third-order valence-electron chi connectivity index (χ3n) is 9.22. The van der Waals surface area contributed by atoms with Crippen molar-refractivity contribution in [1.82, 2.24) is 9.97 Å². The maximum atomic E-state index is 13.6. The molecule has 2 aliphatic rings. The van der Waals surface area contributed by atoms with Crippen LogP contribution in [0, 0.1) is 6.92 Å². The highest BCUT2D eigenvalue weighted by molar-refractivity contribution is 6.37. The van der Waals surface area contributed by atoms with E-state index in [2.05, 4.69) is 9.97 Å². The van der Waals surface area contributed by atoms with Crippen molar-refractivity contribution in [3.63, 3.8) is 0 Å². The third-order valence-corrected chi connectivity index (χ3v) is 9.22. The number of aromatic hydroxyl groups is 1. The number of benzene rings is 5. The number of aromatic nitrogens is 2. The number of hydrogen-bond acceptors (Lipinski definition) is 8. The zero-order valence-corrected chi connectivity index (χ0v) is 25.8. The number of fused-ring (bicyclic) bond motifs is 4. The molecule has 0 bridgehead atoms. The normalized spacial score (nSPS) is 14.3. The van der Waals surface area contributed by atoms with Crippen LogP contribution in [0.2, 0.25) is 0 Å². The molecule has 1 N–H and O–H groups in total. The fourth-order valence-corrected chi connectivity index (χ4v) is 6.71. The van der Waals surface area contributed by atoms with E-state index in [1.807, 2.05) is 61.5 Å². The van der Waals surface area contributed by atoms with Gasteiger partial charge in [-0.3, -0.25) is 19.2 Å². The van der Waals surface area contributed by atoms with E-state index in [4.69, 9.17) is 4.42 Å². The molecular formula is C40H23N3O6. The van der Waals surface area contributed by atoms with Crippen LogP contribution in [-0.4, -0.2) is 38.5 Å².